The van der Waals surface area contributed by atoms with Gasteiger partial charge in [-0.3, -0.25) is 9.59 Å². The van der Waals surface area contributed by atoms with Crippen LogP contribution in [0.2, 0.25) is 0 Å². The van der Waals surface area contributed by atoms with Crippen molar-refractivity contribution in [1.29, 1.82) is 0 Å². The number of ether oxygens (including phenoxy) is 1. The number of benzene rings is 1. The molecule has 0 radical (unpaired) electrons. The molecule has 2 aromatic rings. The van der Waals surface area contributed by atoms with E-state index < -0.39 is 0 Å². The topological polar surface area (TPSA) is 51.5 Å². The van der Waals surface area contributed by atoms with E-state index in [1.54, 1.807) is 16.5 Å². The SMILES string of the molecule is CCOc1cc(=O)n2c(c1C(=O)N(C)c1ccc(C)cc1)CCCC2. The molecular formula is C20H24N2O3. The van der Waals surface area contributed by atoms with Crippen molar-refractivity contribution in [2.45, 2.75) is 39.7 Å². The number of carbonyl (C=O) groups is 1. The Morgan fingerprint density at radius 1 is 1.24 bits per heavy atom. The van der Waals surface area contributed by atoms with Crippen LogP contribution in [0, 0.1) is 6.92 Å². The van der Waals surface area contributed by atoms with Crippen molar-refractivity contribution < 1.29 is 9.53 Å². The van der Waals surface area contributed by atoms with E-state index >= 15 is 0 Å². The van der Waals surface area contributed by atoms with E-state index in [1.807, 2.05) is 38.1 Å². The lowest BCUT2D eigenvalue weighted by atomic mass is 10.0. The van der Waals surface area contributed by atoms with Gasteiger partial charge in [0.1, 0.15) is 11.3 Å². The highest BCUT2D eigenvalue weighted by molar-refractivity contribution is 6.08. The summed E-state index contributed by atoms with van der Waals surface area (Å²) in [7, 11) is 1.76. The molecule has 132 valence electrons. The van der Waals surface area contributed by atoms with Gasteiger partial charge in [0, 0.05) is 31.0 Å². The summed E-state index contributed by atoms with van der Waals surface area (Å²) in [4.78, 5) is 27.2. The van der Waals surface area contributed by atoms with Crippen LogP contribution in [0.25, 0.3) is 0 Å². The number of fused-ring (bicyclic) bond motifs is 1. The Morgan fingerprint density at radius 3 is 2.64 bits per heavy atom. The van der Waals surface area contributed by atoms with Gasteiger partial charge in [0.15, 0.2) is 0 Å². The average Bonchev–Trinajstić information content (AvgIpc) is 2.62. The van der Waals surface area contributed by atoms with E-state index in [0.717, 1.165) is 36.2 Å². The molecule has 3 rings (SSSR count). The number of rotatable bonds is 4. The molecule has 5 heteroatoms. The van der Waals surface area contributed by atoms with E-state index in [1.165, 1.54) is 6.07 Å². The van der Waals surface area contributed by atoms with Crippen LogP contribution in [0.15, 0.2) is 35.1 Å². The third-order valence-corrected chi connectivity index (χ3v) is 4.67. The number of amides is 1. The standard InChI is InChI=1S/C20H24N2O3/c1-4-25-17-13-18(23)22-12-6-5-7-16(22)19(17)20(24)21(3)15-10-8-14(2)9-11-15/h8-11,13H,4-7,12H2,1-3H3. The van der Waals surface area contributed by atoms with Gasteiger partial charge in [-0.1, -0.05) is 17.7 Å². The maximum absolute atomic E-state index is 13.2. The monoisotopic (exact) mass is 340 g/mol. The first-order valence-electron chi connectivity index (χ1n) is 8.77. The fraction of sp³-hybridized carbons (Fsp3) is 0.400. The molecule has 1 amide bonds. The van der Waals surface area contributed by atoms with Crippen molar-refractivity contribution in [2.24, 2.45) is 0 Å². The summed E-state index contributed by atoms with van der Waals surface area (Å²) >= 11 is 0. The molecule has 1 aromatic carbocycles. The predicted molar refractivity (Wildman–Crippen MR) is 98.7 cm³/mol. The van der Waals surface area contributed by atoms with Crippen LogP contribution in [-0.4, -0.2) is 24.1 Å². The normalized spacial score (nSPS) is 13.2. The summed E-state index contributed by atoms with van der Waals surface area (Å²) in [6.45, 7) is 4.94. The second kappa shape index (κ2) is 7.13. The smallest absolute Gasteiger partial charge is 0.263 e. The molecule has 0 saturated carbocycles. The van der Waals surface area contributed by atoms with E-state index in [-0.39, 0.29) is 11.5 Å². The lowest BCUT2D eigenvalue weighted by molar-refractivity contribution is 0.0986. The summed E-state index contributed by atoms with van der Waals surface area (Å²) in [5.74, 6) is 0.252. The Morgan fingerprint density at radius 2 is 1.96 bits per heavy atom. The maximum Gasteiger partial charge on any atom is 0.263 e. The molecule has 25 heavy (non-hydrogen) atoms. The van der Waals surface area contributed by atoms with E-state index in [2.05, 4.69) is 0 Å². The third kappa shape index (κ3) is 3.31. The first-order valence-corrected chi connectivity index (χ1v) is 8.77. The van der Waals surface area contributed by atoms with Crippen molar-refractivity contribution in [3.63, 3.8) is 0 Å². The van der Waals surface area contributed by atoms with Gasteiger partial charge < -0.3 is 14.2 Å². The van der Waals surface area contributed by atoms with E-state index in [9.17, 15) is 9.59 Å². The summed E-state index contributed by atoms with van der Waals surface area (Å²) in [5, 5.41) is 0. The molecule has 0 unspecified atom stereocenters. The molecule has 0 aliphatic carbocycles. The van der Waals surface area contributed by atoms with Crippen molar-refractivity contribution in [2.75, 3.05) is 18.6 Å². The molecule has 0 fully saturated rings. The number of hydrogen-bond acceptors (Lipinski definition) is 3. The van der Waals surface area contributed by atoms with Crippen LogP contribution in [0.3, 0.4) is 0 Å². The Bertz CT molecular complexity index is 837. The van der Waals surface area contributed by atoms with Gasteiger partial charge in [0.05, 0.1) is 6.61 Å². The van der Waals surface area contributed by atoms with Gasteiger partial charge in [-0.05, 0) is 45.2 Å². The fourth-order valence-corrected chi connectivity index (χ4v) is 3.29. The summed E-state index contributed by atoms with van der Waals surface area (Å²) in [5.41, 5.74) is 3.19. The molecule has 1 aromatic heterocycles. The Balaban J connectivity index is 2.09. The quantitative estimate of drug-likeness (QED) is 0.859. The Hall–Kier alpha value is -2.56. The first-order chi connectivity index (χ1) is 12.0. The van der Waals surface area contributed by atoms with Crippen molar-refractivity contribution in [1.82, 2.24) is 4.57 Å². The van der Waals surface area contributed by atoms with Crippen molar-refractivity contribution in [3.8, 4) is 5.75 Å². The number of carbonyl (C=O) groups excluding carboxylic acids is 1. The molecular weight excluding hydrogens is 316 g/mol. The van der Waals surface area contributed by atoms with Gasteiger partial charge in [0.25, 0.3) is 11.5 Å². The number of aromatic nitrogens is 1. The second-order valence-corrected chi connectivity index (χ2v) is 6.41. The van der Waals surface area contributed by atoms with Crippen LogP contribution in [-0.2, 0) is 13.0 Å². The predicted octanol–water partition coefficient (Wildman–Crippen LogP) is 3.17. The maximum atomic E-state index is 13.2. The largest absolute Gasteiger partial charge is 0.493 e. The number of aryl methyl sites for hydroxylation is 1. The van der Waals surface area contributed by atoms with Gasteiger partial charge >= 0.3 is 0 Å². The highest BCUT2D eigenvalue weighted by Crippen LogP contribution is 2.28. The summed E-state index contributed by atoms with van der Waals surface area (Å²) in [6.07, 6.45) is 2.66. The van der Waals surface area contributed by atoms with Crippen molar-refractivity contribution >= 4 is 11.6 Å². The number of nitrogens with zero attached hydrogens (tertiary/aromatic N) is 2. The van der Waals surface area contributed by atoms with Crippen LogP contribution in [0.1, 0.15) is 41.4 Å². The van der Waals surface area contributed by atoms with E-state index in [0.29, 0.717) is 24.5 Å². The van der Waals surface area contributed by atoms with Crippen LogP contribution >= 0.6 is 0 Å². The minimum Gasteiger partial charge on any atom is -0.493 e. The van der Waals surface area contributed by atoms with Gasteiger partial charge in [0.2, 0.25) is 0 Å². The van der Waals surface area contributed by atoms with Crippen LogP contribution in [0.4, 0.5) is 5.69 Å². The zero-order valence-electron chi connectivity index (χ0n) is 15.0. The zero-order chi connectivity index (χ0) is 18.0. The van der Waals surface area contributed by atoms with Crippen LogP contribution in [0.5, 0.6) is 5.75 Å². The van der Waals surface area contributed by atoms with Gasteiger partial charge in [-0.15, -0.1) is 0 Å². The number of hydrogen-bond donors (Lipinski definition) is 0. The number of anilines is 1. The minimum atomic E-state index is -0.141. The van der Waals surface area contributed by atoms with E-state index in [4.69, 9.17) is 4.74 Å². The third-order valence-electron chi connectivity index (χ3n) is 4.67. The molecule has 1 aliphatic rings. The summed E-state index contributed by atoms with van der Waals surface area (Å²) in [6, 6.07) is 9.26. The highest BCUT2D eigenvalue weighted by Gasteiger charge is 2.27. The van der Waals surface area contributed by atoms with Crippen molar-refractivity contribution in [3.05, 3.63) is 57.5 Å². The first kappa shape index (κ1) is 17.3. The minimum absolute atomic E-state index is 0.0901. The molecule has 0 bridgehead atoms. The lowest BCUT2D eigenvalue weighted by Gasteiger charge is -2.26. The molecule has 5 nitrogen and oxygen atoms in total. The molecule has 1 aliphatic heterocycles. The van der Waals surface area contributed by atoms with Crippen LogP contribution < -0.4 is 15.2 Å². The molecule has 0 saturated heterocycles. The highest BCUT2D eigenvalue weighted by atomic mass is 16.5. The second-order valence-electron chi connectivity index (χ2n) is 6.41. The van der Waals surface area contributed by atoms with Gasteiger partial charge in [-0.2, -0.15) is 0 Å². The fourth-order valence-electron chi connectivity index (χ4n) is 3.29. The lowest BCUT2D eigenvalue weighted by Crippen LogP contribution is -2.34. The summed E-state index contributed by atoms with van der Waals surface area (Å²) < 4.78 is 7.37. The number of pyridine rings is 1. The Labute approximate surface area is 147 Å². The van der Waals surface area contributed by atoms with Gasteiger partial charge in [-0.25, -0.2) is 0 Å². The molecule has 2 heterocycles. The molecule has 0 spiro atoms. The average molecular weight is 340 g/mol. The molecule has 0 N–H and O–H groups in total. The zero-order valence-corrected chi connectivity index (χ0v) is 15.0. The Kier molecular flexibility index (Phi) is 4.93. The molecule has 0 atom stereocenters.